The maximum atomic E-state index is 13.1. The van der Waals surface area contributed by atoms with Crippen molar-refractivity contribution in [1.82, 2.24) is 9.88 Å². The van der Waals surface area contributed by atoms with Crippen molar-refractivity contribution in [2.45, 2.75) is 20.3 Å². The minimum Gasteiger partial charge on any atom is -0.484 e. The van der Waals surface area contributed by atoms with Gasteiger partial charge < -0.3 is 9.64 Å². The largest absolute Gasteiger partial charge is 0.484 e. The second-order valence-corrected chi connectivity index (χ2v) is 8.30. The van der Waals surface area contributed by atoms with Gasteiger partial charge in [0.15, 0.2) is 11.7 Å². The number of halogens is 1. The number of aryl methyl sites for hydroxylation is 2. The van der Waals surface area contributed by atoms with Gasteiger partial charge in [-0.15, -0.1) is 0 Å². The molecule has 3 rings (SSSR count). The lowest BCUT2D eigenvalue weighted by atomic mass is 10.1. The number of thiazole rings is 1. The Balaban J connectivity index is 1.81. The molecule has 0 aliphatic rings. The van der Waals surface area contributed by atoms with Gasteiger partial charge in [0.05, 0.1) is 10.2 Å². The van der Waals surface area contributed by atoms with Gasteiger partial charge in [-0.1, -0.05) is 23.5 Å². The van der Waals surface area contributed by atoms with Crippen molar-refractivity contribution in [1.29, 1.82) is 0 Å². The zero-order valence-electron chi connectivity index (χ0n) is 17.2. The molecule has 1 aromatic heterocycles. The average Bonchev–Trinajstić information content (AvgIpc) is 3.14. The first kappa shape index (κ1) is 21.2. The van der Waals surface area contributed by atoms with Crippen molar-refractivity contribution >= 4 is 32.6 Å². The summed E-state index contributed by atoms with van der Waals surface area (Å²) in [7, 11) is 4.02. The van der Waals surface area contributed by atoms with Crippen molar-refractivity contribution in [2.24, 2.45) is 0 Å². The van der Waals surface area contributed by atoms with Crippen LogP contribution in [0.2, 0.25) is 0 Å². The van der Waals surface area contributed by atoms with Crippen molar-refractivity contribution in [2.75, 3.05) is 38.7 Å². The van der Waals surface area contributed by atoms with Crippen LogP contribution >= 0.6 is 11.3 Å². The van der Waals surface area contributed by atoms with Crippen LogP contribution in [0.5, 0.6) is 5.75 Å². The molecule has 1 amide bonds. The molecule has 5 nitrogen and oxygen atoms in total. The van der Waals surface area contributed by atoms with E-state index in [4.69, 9.17) is 9.72 Å². The number of carbonyl (C=O) groups excluding carboxylic acids is 1. The average molecular weight is 416 g/mol. The quantitative estimate of drug-likeness (QED) is 0.547. The monoisotopic (exact) mass is 415 g/mol. The summed E-state index contributed by atoms with van der Waals surface area (Å²) in [5.41, 5.74) is 3.18. The van der Waals surface area contributed by atoms with E-state index in [0.717, 1.165) is 34.3 Å². The smallest absolute Gasteiger partial charge is 0.266 e. The van der Waals surface area contributed by atoms with Gasteiger partial charge in [0.2, 0.25) is 0 Å². The molecule has 3 aromatic rings. The molecule has 0 bridgehead atoms. The van der Waals surface area contributed by atoms with Crippen LogP contribution < -0.4 is 9.64 Å². The highest BCUT2D eigenvalue weighted by atomic mass is 32.1. The van der Waals surface area contributed by atoms with Gasteiger partial charge in [0, 0.05) is 6.54 Å². The highest BCUT2D eigenvalue weighted by molar-refractivity contribution is 7.22. The molecule has 1 heterocycles. The molecule has 154 valence electrons. The summed E-state index contributed by atoms with van der Waals surface area (Å²) in [5.74, 6) is -0.0411. The topological polar surface area (TPSA) is 45.7 Å². The molecule has 0 unspecified atom stereocenters. The minimum absolute atomic E-state index is 0.124. The van der Waals surface area contributed by atoms with E-state index >= 15 is 0 Å². The van der Waals surface area contributed by atoms with E-state index in [1.165, 1.54) is 35.6 Å². The van der Waals surface area contributed by atoms with Gasteiger partial charge in [-0.25, -0.2) is 9.37 Å². The lowest BCUT2D eigenvalue weighted by Crippen LogP contribution is -2.36. The predicted octanol–water partition coefficient (Wildman–Crippen LogP) is 4.42. The summed E-state index contributed by atoms with van der Waals surface area (Å²) in [5, 5.41) is 0.684. The second-order valence-electron chi connectivity index (χ2n) is 7.32. The number of amides is 1. The van der Waals surface area contributed by atoms with Crippen LogP contribution in [0, 0.1) is 19.7 Å². The van der Waals surface area contributed by atoms with Crippen LogP contribution in [-0.2, 0) is 4.79 Å². The normalized spacial score (nSPS) is 11.2. The van der Waals surface area contributed by atoms with Gasteiger partial charge in [-0.3, -0.25) is 9.69 Å². The van der Waals surface area contributed by atoms with Gasteiger partial charge >= 0.3 is 0 Å². The van der Waals surface area contributed by atoms with Crippen molar-refractivity contribution in [3.63, 3.8) is 0 Å². The minimum atomic E-state index is -0.339. The Labute approximate surface area is 174 Å². The van der Waals surface area contributed by atoms with Crippen LogP contribution in [-0.4, -0.2) is 49.6 Å². The molecule has 0 saturated heterocycles. The van der Waals surface area contributed by atoms with Gasteiger partial charge in [0.1, 0.15) is 11.6 Å². The lowest BCUT2D eigenvalue weighted by Gasteiger charge is -2.21. The molecule has 7 heteroatoms. The number of hydrogen-bond acceptors (Lipinski definition) is 5. The zero-order valence-corrected chi connectivity index (χ0v) is 18.1. The summed E-state index contributed by atoms with van der Waals surface area (Å²) < 4.78 is 19.7. The Bertz CT molecular complexity index is 947. The molecule has 0 spiro atoms. The summed E-state index contributed by atoms with van der Waals surface area (Å²) in [6.07, 6.45) is 0.823. The Morgan fingerprint density at radius 2 is 1.76 bits per heavy atom. The molecule has 2 aromatic carbocycles. The van der Waals surface area contributed by atoms with E-state index in [1.807, 2.05) is 21.0 Å². The Hall–Kier alpha value is -2.51. The van der Waals surface area contributed by atoms with Crippen LogP contribution in [0.4, 0.5) is 9.52 Å². The fourth-order valence-electron chi connectivity index (χ4n) is 2.99. The zero-order chi connectivity index (χ0) is 21.0. The highest BCUT2D eigenvalue weighted by Crippen LogP contribution is 2.33. The fourth-order valence-corrected chi connectivity index (χ4v) is 4.14. The van der Waals surface area contributed by atoms with E-state index in [0.29, 0.717) is 17.4 Å². The molecule has 0 N–H and O–H groups in total. The number of fused-ring (bicyclic) bond motifs is 1. The van der Waals surface area contributed by atoms with E-state index in [9.17, 15) is 9.18 Å². The number of aromatic nitrogens is 1. The molecular formula is C22H26FN3O2S. The SMILES string of the molecule is Cc1ccc(C)c2sc(N(CCCN(C)C)C(=O)COc3ccc(F)cc3)nc12. The molecule has 0 aliphatic heterocycles. The Morgan fingerprint density at radius 1 is 1.07 bits per heavy atom. The van der Waals surface area contributed by atoms with Crippen molar-refractivity contribution in [3.05, 3.63) is 53.3 Å². The van der Waals surface area contributed by atoms with E-state index in [1.54, 1.807) is 4.90 Å². The summed E-state index contributed by atoms with van der Waals surface area (Å²) >= 11 is 1.53. The maximum Gasteiger partial charge on any atom is 0.266 e. The first-order valence-corrected chi connectivity index (χ1v) is 10.4. The number of carbonyl (C=O) groups is 1. The van der Waals surface area contributed by atoms with E-state index < -0.39 is 0 Å². The van der Waals surface area contributed by atoms with Crippen LogP contribution in [0.3, 0.4) is 0 Å². The van der Waals surface area contributed by atoms with E-state index in [2.05, 4.69) is 24.0 Å². The standard InChI is InChI=1S/C22H26FN3O2S/c1-15-6-7-16(2)21-20(15)24-22(29-21)26(13-5-12-25(3)4)19(27)14-28-18-10-8-17(23)9-11-18/h6-11H,5,12-14H2,1-4H3. The Morgan fingerprint density at radius 3 is 2.41 bits per heavy atom. The molecular weight excluding hydrogens is 389 g/mol. The molecule has 0 saturated carbocycles. The highest BCUT2D eigenvalue weighted by Gasteiger charge is 2.21. The maximum absolute atomic E-state index is 13.1. The number of anilines is 1. The van der Waals surface area contributed by atoms with Gasteiger partial charge in [0.25, 0.3) is 5.91 Å². The number of benzene rings is 2. The second kappa shape index (κ2) is 9.33. The van der Waals surface area contributed by atoms with Crippen LogP contribution in [0.15, 0.2) is 36.4 Å². The van der Waals surface area contributed by atoms with Gasteiger partial charge in [-0.05, 0) is 76.3 Å². The van der Waals surface area contributed by atoms with Gasteiger partial charge in [-0.2, -0.15) is 0 Å². The van der Waals surface area contributed by atoms with Crippen molar-refractivity contribution in [3.8, 4) is 5.75 Å². The summed E-state index contributed by atoms with van der Waals surface area (Å²) in [4.78, 5) is 21.5. The number of hydrogen-bond donors (Lipinski definition) is 0. The third kappa shape index (κ3) is 5.31. The number of nitrogens with zero attached hydrogens (tertiary/aromatic N) is 3. The van der Waals surface area contributed by atoms with E-state index in [-0.39, 0.29) is 18.3 Å². The summed E-state index contributed by atoms with van der Waals surface area (Å²) in [6.45, 7) is 5.38. The molecule has 29 heavy (non-hydrogen) atoms. The summed E-state index contributed by atoms with van der Waals surface area (Å²) in [6, 6.07) is 9.79. The van der Waals surface area contributed by atoms with Crippen LogP contribution in [0.1, 0.15) is 17.5 Å². The third-order valence-electron chi connectivity index (χ3n) is 4.63. The fraction of sp³-hybridized carbons (Fsp3) is 0.364. The number of rotatable bonds is 8. The first-order chi connectivity index (χ1) is 13.8. The van der Waals surface area contributed by atoms with Crippen LogP contribution in [0.25, 0.3) is 10.2 Å². The molecule has 0 aliphatic carbocycles. The molecule has 0 atom stereocenters. The molecule has 0 fully saturated rings. The first-order valence-electron chi connectivity index (χ1n) is 9.55. The molecule has 0 radical (unpaired) electrons. The number of ether oxygens (including phenoxy) is 1. The Kier molecular flexibility index (Phi) is 6.82. The van der Waals surface area contributed by atoms with Crippen molar-refractivity contribution < 1.29 is 13.9 Å². The lowest BCUT2D eigenvalue weighted by molar-refractivity contribution is -0.120. The predicted molar refractivity (Wildman–Crippen MR) is 117 cm³/mol. The third-order valence-corrected chi connectivity index (χ3v) is 5.84.